The summed E-state index contributed by atoms with van der Waals surface area (Å²) in [7, 11) is -3.74. The summed E-state index contributed by atoms with van der Waals surface area (Å²) in [5.74, 6) is 0.251. The van der Waals surface area contributed by atoms with Crippen LogP contribution in [0.4, 0.5) is 11.4 Å². The Kier molecular flexibility index (Phi) is 6.26. The van der Waals surface area contributed by atoms with E-state index in [1.54, 1.807) is 59.5 Å². The SMILES string of the molecule is CC(C)c1ccc(NS(=O)(=O)c2ccc3c(c2)CCCN3C(=O)c2ccc(Cl)cc2)cc1. The first kappa shape index (κ1) is 22.4. The third-order valence-corrected chi connectivity index (χ3v) is 7.28. The van der Waals surface area contributed by atoms with Gasteiger partial charge in [-0.15, -0.1) is 0 Å². The summed E-state index contributed by atoms with van der Waals surface area (Å²) in [6.45, 7) is 4.77. The predicted molar refractivity (Wildman–Crippen MR) is 129 cm³/mol. The second-order valence-corrected chi connectivity index (χ2v) is 10.4. The highest BCUT2D eigenvalue weighted by Gasteiger charge is 2.25. The fourth-order valence-corrected chi connectivity index (χ4v) is 5.08. The van der Waals surface area contributed by atoms with E-state index in [0.717, 1.165) is 23.2 Å². The van der Waals surface area contributed by atoms with Crippen molar-refractivity contribution in [2.45, 2.75) is 37.5 Å². The van der Waals surface area contributed by atoms with Gasteiger partial charge in [-0.2, -0.15) is 0 Å². The van der Waals surface area contributed by atoms with Crippen LogP contribution in [0.25, 0.3) is 0 Å². The van der Waals surface area contributed by atoms with Crippen molar-refractivity contribution in [1.82, 2.24) is 0 Å². The molecular formula is C25H25ClN2O3S. The van der Waals surface area contributed by atoms with Gasteiger partial charge in [-0.25, -0.2) is 8.42 Å². The molecule has 0 fully saturated rings. The number of carbonyl (C=O) groups is 1. The number of hydrogen-bond acceptors (Lipinski definition) is 3. The van der Waals surface area contributed by atoms with E-state index in [1.807, 2.05) is 12.1 Å². The first-order chi connectivity index (χ1) is 15.2. The largest absolute Gasteiger partial charge is 0.308 e. The first-order valence-corrected chi connectivity index (χ1v) is 12.4. The van der Waals surface area contributed by atoms with Gasteiger partial charge in [0.1, 0.15) is 0 Å². The molecule has 3 aromatic rings. The van der Waals surface area contributed by atoms with Gasteiger partial charge in [0.15, 0.2) is 0 Å². The minimum absolute atomic E-state index is 0.124. The summed E-state index contributed by atoms with van der Waals surface area (Å²) in [5, 5.41) is 0.571. The van der Waals surface area contributed by atoms with E-state index < -0.39 is 10.0 Å². The lowest BCUT2D eigenvalue weighted by molar-refractivity contribution is 0.0985. The van der Waals surface area contributed by atoms with E-state index in [0.29, 0.717) is 35.2 Å². The molecular weight excluding hydrogens is 444 g/mol. The molecule has 0 atom stereocenters. The number of aryl methyl sites for hydroxylation is 1. The highest BCUT2D eigenvalue weighted by atomic mass is 35.5. The van der Waals surface area contributed by atoms with E-state index in [2.05, 4.69) is 18.6 Å². The number of carbonyl (C=O) groups excluding carboxylic acids is 1. The van der Waals surface area contributed by atoms with Crippen molar-refractivity contribution in [2.75, 3.05) is 16.2 Å². The summed E-state index contributed by atoms with van der Waals surface area (Å²) in [5.41, 5.74) is 3.80. The number of fused-ring (bicyclic) bond motifs is 1. The molecule has 0 aliphatic carbocycles. The van der Waals surface area contributed by atoms with Crippen LogP contribution in [0.2, 0.25) is 5.02 Å². The molecule has 1 aliphatic rings. The lowest BCUT2D eigenvalue weighted by atomic mass is 10.0. The average Bonchev–Trinajstić information content (AvgIpc) is 2.78. The molecule has 0 saturated carbocycles. The van der Waals surface area contributed by atoms with Gasteiger partial charge >= 0.3 is 0 Å². The minimum Gasteiger partial charge on any atom is -0.308 e. The molecule has 0 spiro atoms. The van der Waals surface area contributed by atoms with Crippen molar-refractivity contribution < 1.29 is 13.2 Å². The summed E-state index contributed by atoms with van der Waals surface area (Å²) in [6.07, 6.45) is 1.48. The molecule has 0 bridgehead atoms. The topological polar surface area (TPSA) is 66.5 Å². The number of amides is 1. The Morgan fingerprint density at radius 2 is 1.69 bits per heavy atom. The number of nitrogens with zero attached hydrogens (tertiary/aromatic N) is 1. The highest BCUT2D eigenvalue weighted by Crippen LogP contribution is 2.31. The Morgan fingerprint density at radius 3 is 2.34 bits per heavy atom. The Bertz CT molecular complexity index is 1240. The van der Waals surface area contributed by atoms with Crippen LogP contribution in [0.15, 0.2) is 71.6 Å². The smallest absolute Gasteiger partial charge is 0.261 e. The van der Waals surface area contributed by atoms with Crippen LogP contribution in [-0.4, -0.2) is 20.9 Å². The molecule has 5 nitrogen and oxygen atoms in total. The van der Waals surface area contributed by atoms with Crippen LogP contribution in [-0.2, 0) is 16.4 Å². The van der Waals surface area contributed by atoms with Gasteiger partial charge in [0.2, 0.25) is 0 Å². The van der Waals surface area contributed by atoms with Crippen LogP contribution in [0.5, 0.6) is 0 Å². The molecule has 3 aromatic carbocycles. The van der Waals surface area contributed by atoms with Crippen LogP contribution < -0.4 is 9.62 Å². The molecule has 32 heavy (non-hydrogen) atoms. The van der Waals surface area contributed by atoms with Gasteiger partial charge in [0.05, 0.1) is 4.90 Å². The normalized spacial score (nSPS) is 13.7. The van der Waals surface area contributed by atoms with Gasteiger partial charge in [0.25, 0.3) is 15.9 Å². The van der Waals surface area contributed by atoms with E-state index in [-0.39, 0.29) is 10.8 Å². The van der Waals surface area contributed by atoms with E-state index in [1.165, 1.54) is 0 Å². The maximum atomic E-state index is 13.0. The fraction of sp³-hybridized carbons (Fsp3) is 0.240. The number of sulfonamides is 1. The fourth-order valence-electron chi connectivity index (χ4n) is 3.85. The zero-order chi connectivity index (χ0) is 22.9. The molecule has 1 amide bonds. The molecule has 4 rings (SSSR count). The molecule has 7 heteroatoms. The average molecular weight is 469 g/mol. The third-order valence-electron chi connectivity index (χ3n) is 5.65. The van der Waals surface area contributed by atoms with Gasteiger partial charge < -0.3 is 4.90 Å². The monoisotopic (exact) mass is 468 g/mol. The van der Waals surface area contributed by atoms with Gasteiger partial charge in [-0.3, -0.25) is 9.52 Å². The maximum Gasteiger partial charge on any atom is 0.261 e. The Morgan fingerprint density at radius 1 is 1.00 bits per heavy atom. The van der Waals surface area contributed by atoms with Crippen LogP contribution in [0.1, 0.15) is 47.7 Å². The molecule has 166 valence electrons. The minimum atomic E-state index is -3.74. The van der Waals surface area contributed by atoms with Crippen LogP contribution in [0, 0.1) is 0 Å². The summed E-state index contributed by atoms with van der Waals surface area (Å²) in [6, 6.07) is 19.1. The third kappa shape index (κ3) is 4.66. The predicted octanol–water partition coefficient (Wildman–Crippen LogP) is 5.86. The number of rotatable bonds is 5. The summed E-state index contributed by atoms with van der Waals surface area (Å²) in [4.78, 5) is 14.9. The molecule has 1 aliphatic heterocycles. The zero-order valence-electron chi connectivity index (χ0n) is 18.0. The van der Waals surface area contributed by atoms with E-state index in [4.69, 9.17) is 11.6 Å². The lowest BCUT2D eigenvalue weighted by Gasteiger charge is -2.30. The molecule has 0 aromatic heterocycles. The summed E-state index contributed by atoms with van der Waals surface area (Å²) >= 11 is 5.94. The molecule has 0 unspecified atom stereocenters. The van der Waals surface area contributed by atoms with Crippen molar-refractivity contribution in [3.63, 3.8) is 0 Å². The molecule has 0 saturated heterocycles. The maximum absolute atomic E-state index is 13.0. The summed E-state index contributed by atoms with van der Waals surface area (Å²) < 4.78 is 28.6. The highest BCUT2D eigenvalue weighted by molar-refractivity contribution is 7.92. The van der Waals surface area contributed by atoms with E-state index in [9.17, 15) is 13.2 Å². The van der Waals surface area contributed by atoms with Gasteiger partial charge in [-0.05, 0) is 84.5 Å². The van der Waals surface area contributed by atoms with Crippen molar-refractivity contribution in [3.05, 3.63) is 88.4 Å². The van der Waals surface area contributed by atoms with Crippen LogP contribution >= 0.6 is 11.6 Å². The quantitative estimate of drug-likeness (QED) is 0.510. The Balaban J connectivity index is 1.58. The number of hydrogen-bond donors (Lipinski definition) is 1. The second kappa shape index (κ2) is 8.96. The second-order valence-electron chi connectivity index (χ2n) is 8.24. The Hall–Kier alpha value is -2.83. The van der Waals surface area contributed by atoms with E-state index >= 15 is 0 Å². The molecule has 0 radical (unpaired) electrons. The van der Waals surface area contributed by atoms with Gasteiger partial charge in [0, 0.05) is 28.5 Å². The number of benzene rings is 3. The van der Waals surface area contributed by atoms with Crippen molar-refractivity contribution >= 4 is 38.9 Å². The number of halogens is 1. The van der Waals surface area contributed by atoms with Crippen LogP contribution in [0.3, 0.4) is 0 Å². The molecule has 1 heterocycles. The lowest BCUT2D eigenvalue weighted by Crippen LogP contribution is -2.35. The molecule has 1 N–H and O–H groups in total. The van der Waals surface area contributed by atoms with Crippen molar-refractivity contribution in [2.24, 2.45) is 0 Å². The van der Waals surface area contributed by atoms with Crippen molar-refractivity contribution in [3.8, 4) is 0 Å². The number of anilines is 2. The first-order valence-electron chi connectivity index (χ1n) is 10.6. The number of nitrogens with one attached hydrogen (secondary N) is 1. The zero-order valence-corrected chi connectivity index (χ0v) is 19.6. The standard InChI is InChI=1S/C25H25ClN2O3S/c1-17(2)18-7-11-22(12-8-18)27-32(30,31)23-13-14-24-20(16-23)4-3-15-28(24)25(29)19-5-9-21(26)10-6-19/h5-14,16-17,27H,3-4,15H2,1-2H3. The Labute approximate surface area is 194 Å². The van der Waals surface area contributed by atoms with Crippen molar-refractivity contribution in [1.29, 1.82) is 0 Å². The van der Waals surface area contributed by atoms with Gasteiger partial charge in [-0.1, -0.05) is 37.6 Å².